The molecular formula is C25H39N3O4. The fourth-order valence-electron chi connectivity index (χ4n) is 4.29. The highest BCUT2D eigenvalue weighted by atomic mass is 16.6. The van der Waals surface area contributed by atoms with Gasteiger partial charge in [0.1, 0.15) is 5.75 Å². The van der Waals surface area contributed by atoms with Crippen molar-refractivity contribution in [3.63, 3.8) is 0 Å². The zero-order chi connectivity index (χ0) is 22.9. The average molecular weight is 446 g/mol. The molecule has 2 heterocycles. The molecule has 1 aromatic carbocycles. The lowest BCUT2D eigenvalue weighted by Crippen LogP contribution is -2.44. The fraction of sp³-hybridized carbons (Fsp3) is 0.640. The van der Waals surface area contributed by atoms with E-state index in [0.717, 1.165) is 38.1 Å². The Morgan fingerprint density at radius 3 is 2.78 bits per heavy atom. The van der Waals surface area contributed by atoms with E-state index in [-0.39, 0.29) is 18.1 Å². The molecule has 0 aromatic heterocycles. The van der Waals surface area contributed by atoms with Gasteiger partial charge in [-0.3, -0.25) is 4.79 Å². The number of aliphatic hydroxyl groups is 1. The number of rotatable bonds is 10. The highest BCUT2D eigenvalue weighted by Gasteiger charge is 2.28. The largest absolute Gasteiger partial charge is 0.494 e. The summed E-state index contributed by atoms with van der Waals surface area (Å²) in [7, 11) is 4.15. The van der Waals surface area contributed by atoms with Gasteiger partial charge < -0.3 is 29.7 Å². The van der Waals surface area contributed by atoms with Crippen LogP contribution >= 0.6 is 0 Å². The first-order valence-electron chi connectivity index (χ1n) is 11.8. The predicted octanol–water partition coefficient (Wildman–Crippen LogP) is 2.50. The number of hydrogen-bond acceptors (Lipinski definition) is 6. The summed E-state index contributed by atoms with van der Waals surface area (Å²) in [6.45, 7) is 5.93. The average Bonchev–Trinajstić information content (AvgIpc) is 2.77. The molecular weight excluding hydrogens is 406 g/mol. The van der Waals surface area contributed by atoms with Crippen molar-refractivity contribution < 1.29 is 19.4 Å². The minimum atomic E-state index is -0.706. The van der Waals surface area contributed by atoms with Gasteiger partial charge in [-0.1, -0.05) is 18.2 Å². The molecule has 7 heteroatoms. The third-order valence-electron chi connectivity index (χ3n) is 6.33. The summed E-state index contributed by atoms with van der Waals surface area (Å²) in [4.78, 5) is 16.6. The second-order valence-corrected chi connectivity index (χ2v) is 9.08. The van der Waals surface area contributed by atoms with Gasteiger partial charge in [0.2, 0.25) is 5.91 Å². The van der Waals surface area contributed by atoms with Crippen LogP contribution in [-0.2, 0) is 9.53 Å². The number of ether oxygens (including phenoxy) is 2. The van der Waals surface area contributed by atoms with Gasteiger partial charge in [0, 0.05) is 45.1 Å². The van der Waals surface area contributed by atoms with Gasteiger partial charge in [0.25, 0.3) is 0 Å². The normalized spacial score (nSPS) is 24.3. The molecule has 3 rings (SSSR count). The molecule has 0 unspecified atom stereocenters. The minimum absolute atomic E-state index is 0.0441. The molecule has 178 valence electrons. The maximum absolute atomic E-state index is 12.1. The summed E-state index contributed by atoms with van der Waals surface area (Å²) < 4.78 is 11.2. The number of nitrogens with zero attached hydrogens (tertiary/aromatic N) is 2. The topological polar surface area (TPSA) is 74.3 Å². The molecule has 2 aliphatic rings. The SMILES string of the molecule is C[C@@H]1C[C@H](N(C)CCC(=O)NCCCOc2ccc(C3=CCN(C)CC3)cc2)C[C@H](O)O1. The van der Waals surface area contributed by atoms with Crippen LogP contribution in [-0.4, -0.2) is 86.1 Å². The lowest BCUT2D eigenvalue weighted by Gasteiger charge is -2.36. The van der Waals surface area contributed by atoms with Gasteiger partial charge in [-0.15, -0.1) is 0 Å². The first-order chi connectivity index (χ1) is 15.4. The van der Waals surface area contributed by atoms with Crippen LogP contribution in [0.1, 0.15) is 44.6 Å². The number of likely N-dealkylation sites (N-methyl/N-ethyl adjacent to an activating group) is 1. The van der Waals surface area contributed by atoms with Crippen molar-refractivity contribution in [2.45, 2.75) is 57.5 Å². The monoisotopic (exact) mass is 445 g/mol. The molecule has 1 fully saturated rings. The number of hydrogen-bond donors (Lipinski definition) is 2. The van der Waals surface area contributed by atoms with E-state index < -0.39 is 6.29 Å². The lowest BCUT2D eigenvalue weighted by atomic mass is 10.00. The Hall–Kier alpha value is -1.93. The van der Waals surface area contributed by atoms with Crippen molar-refractivity contribution in [1.29, 1.82) is 0 Å². The number of aliphatic hydroxyl groups excluding tert-OH is 1. The summed E-state index contributed by atoms with van der Waals surface area (Å²) in [5, 5.41) is 12.7. The van der Waals surface area contributed by atoms with Crippen molar-refractivity contribution in [2.24, 2.45) is 0 Å². The molecule has 7 nitrogen and oxygen atoms in total. The summed E-state index contributed by atoms with van der Waals surface area (Å²) in [5.41, 5.74) is 2.68. The van der Waals surface area contributed by atoms with Crippen LogP contribution in [0.3, 0.4) is 0 Å². The minimum Gasteiger partial charge on any atom is -0.494 e. The molecule has 32 heavy (non-hydrogen) atoms. The maximum atomic E-state index is 12.1. The lowest BCUT2D eigenvalue weighted by molar-refractivity contribution is -0.173. The predicted molar refractivity (Wildman–Crippen MR) is 126 cm³/mol. The molecule has 1 amide bonds. The molecule has 0 saturated carbocycles. The Morgan fingerprint density at radius 1 is 1.31 bits per heavy atom. The second kappa shape index (κ2) is 12.3. The molecule has 2 N–H and O–H groups in total. The number of carbonyl (C=O) groups excluding carboxylic acids is 1. The van der Waals surface area contributed by atoms with E-state index >= 15 is 0 Å². The van der Waals surface area contributed by atoms with E-state index in [9.17, 15) is 9.90 Å². The first kappa shape index (κ1) is 24.7. The molecule has 0 bridgehead atoms. The Bertz CT molecular complexity index is 742. The number of amides is 1. The fourth-order valence-corrected chi connectivity index (χ4v) is 4.29. The summed E-state index contributed by atoms with van der Waals surface area (Å²) in [6, 6.07) is 8.55. The van der Waals surface area contributed by atoms with Crippen molar-refractivity contribution in [3.05, 3.63) is 35.9 Å². The van der Waals surface area contributed by atoms with Gasteiger partial charge >= 0.3 is 0 Å². The van der Waals surface area contributed by atoms with Crippen LogP contribution in [0, 0.1) is 0 Å². The number of nitrogens with one attached hydrogen (secondary N) is 1. The Kier molecular flexibility index (Phi) is 9.53. The zero-order valence-corrected chi connectivity index (χ0v) is 19.8. The first-order valence-corrected chi connectivity index (χ1v) is 11.8. The number of carbonyl (C=O) groups is 1. The van der Waals surface area contributed by atoms with E-state index in [1.54, 1.807) is 0 Å². The Labute approximate surface area is 192 Å². The molecule has 1 aromatic rings. The third kappa shape index (κ3) is 7.89. The van der Waals surface area contributed by atoms with Gasteiger partial charge in [-0.05, 0) is 63.6 Å². The highest BCUT2D eigenvalue weighted by molar-refractivity contribution is 5.76. The summed E-state index contributed by atoms with van der Waals surface area (Å²) >= 11 is 0. The van der Waals surface area contributed by atoms with Crippen LogP contribution in [0.25, 0.3) is 5.57 Å². The van der Waals surface area contributed by atoms with E-state index in [4.69, 9.17) is 9.47 Å². The Balaban J connectivity index is 1.27. The van der Waals surface area contributed by atoms with Crippen molar-refractivity contribution in [1.82, 2.24) is 15.1 Å². The van der Waals surface area contributed by atoms with Crippen LogP contribution in [0.15, 0.2) is 30.3 Å². The molecule has 1 saturated heterocycles. The number of benzene rings is 1. The van der Waals surface area contributed by atoms with Gasteiger partial charge in [-0.25, -0.2) is 0 Å². The Morgan fingerprint density at radius 2 is 2.09 bits per heavy atom. The van der Waals surface area contributed by atoms with Crippen LogP contribution in [0.4, 0.5) is 0 Å². The molecule has 2 aliphatic heterocycles. The van der Waals surface area contributed by atoms with E-state index in [0.29, 0.717) is 32.5 Å². The van der Waals surface area contributed by atoms with Crippen LogP contribution in [0.2, 0.25) is 0 Å². The van der Waals surface area contributed by atoms with Crippen LogP contribution in [0.5, 0.6) is 5.75 Å². The van der Waals surface area contributed by atoms with Crippen LogP contribution < -0.4 is 10.1 Å². The smallest absolute Gasteiger partial charge is 0.221 e. The van der Waals surface area contributed by atoms with Crippen molar-refractivity contribution in [3.8, 4) is 5.75 Å². The highest BCUT2D eigenvalue weighted by Crippen LogP contribution is 2.24. The molecule has 3 atom stereocenters. The second-order valence-electron chi connectivity index (χ2n) is 9.08. The van der Waals surface area contributed by atoms with Crippen molar-refractivity contribution >= 4 is 11.5 Å². The third-order valence-corrected chi connectivity index (χ3v) is 6.33. The van der Waals surface area contributed by atoms with Gasteiger partial charge in [0.05, 0.1) is 12.7 Å². The standard InChI is InChI=1S/C25H39N3O4/c1-19-17-22(18-25(30)32-19)28(3)15-11-24(29)26-12-4-16-31-23-7-5-20(6-8-23)21-9-13-27(2)14-10-21/h5-9,19,22,25,30H,4,10-18H2,1-3H3,(H,26,29)/t19-,22+,25-/m1/s1. The molecule has 0 radical (unpaired) electrons. The van der Waals surface area contributed by atoms with E-state index in [1.807, 2.05) is 26.1 Å². The van der Waals surface area contributed by atoms with Crippen molar-refractivity contribution in [2.75, 3.05) is 46.9 Å². The van der Waals surface area contributed by atoms with Gasteiger partial charge in [-0.2, -0.15) is 0 Å². The van der Waals surface area contributed by atoms with E-state index in [1.165, 1.54) is 11.1 Å². The maximum Gasteiger partial charge on any atom is 0.221 e. The zero-order valence-electron chi connectivity index (χ0n) is 19.8. The summed E-state index contributed by atoms with van der Waals surface area (Å²) in [5.74, 6) is 0.913. The molecule has 0 spiro atoms. The quantitative estimate of drug-likeness (QED) is 0.539. The van der Waals surface area contributed by atoms with E-state index in [2.05, 4.69) is 40.4 Å². The molecule has 0 aliphatic carbocycles. The van der Waals surface area contributed by atoms with Gasteiger partial charge in [0.15, 0.2) is 6.29 Å². The summed E-state index contributed by atoms with van der Waals surface area (Å²) in [6.07, 6.45) is 5.41.